The van der Waals surface area contributed by atoms with Crippen LogP contribution >= 0.6 is 0 Å². The van der Waals surface area contributed by atoms with Crippen molar-refractivity contribution in [1.29, 1.82) is 0 Å². The van der Waals surface area contributed by atoms with Crippen LogP contribution < -0.4 is 10.2 Å². The maximum absolute atomic E-state index is 13.8. The molecule has 314 valence electrons. The normalized spacial score (nSPS) is 35.9. The summed E-state index contributed by atoms with van der Waals surface area (Å²) in [4.78, 5) is 26.0. The number of aliphatic hydroxyl groups is 8. The Hall–Kier alpha value is -4.40. The first-order valence-corrected chi connectivity index (χ1v) is 17.4. The first kappa shape index (κ1) is 42.2. The molecule has 4 heterocycles. The van der Waals surface area contributed by atoms with Gasteiger partial charge in [-0.15, -0.1) is 0 Å². The van der Waals surface area contributed by atoms with E-state index in [4.69, 9.17) is 37.6 Å². The maximum atomic E-state index is 13.8. The number of rotatable bonds is 10. The number of aliphatic hydroxyl groups excluding tert-OH is 8. The molecule has 15 atom stereocenters. The van der Waals surface area contributed by atoms with Crippen LogP contribution in [0.3, 0.4) is 0 Å². The number of esters is 1. The zero-order valence-corrected chi connectivity index (χ0v) is 29.9. The third kappa shape index (κ3) is 8.31. The number of carbonyl (C=O) groups is 1. The van der Waals surface area contributed by atoms with Gasteiger partial charge in [0.25, 0.3) is 0 Å². The van der Waals surface area contributed by atoms with Gasteiger partial charge in [-0.2, -0.15) is 0 Å². The standard InChI is InChI=1S/C35H42O22/c1-10-21(42)30(56-33-27(48)25(46)22(43)18(8-36)54-33)32(52-11(2)37)35(51-10)50-9-19-23(44)26(47)28(49)34(55-19)57-31-24(45)20-16(41)6-13(38)7-17(20)53-29(31)12-3-4-14(39)15(40)5-12/h3-7,10,18-19,21-23,25-28,30,32-36,38-44,46-49H,8-9H2,1-2H3/t10-,18+,19+,21-,22+,23-,25-,26-,27+,28+,30+,32+,33-,34-,35+/m0/s1. The molecule has 0 spiro atoms. The quantitative estimate of drug-likeness (QED) is 0.0705. The molecular weight excluding hydrogens is 772 g/mol. The summed E-state index contributed by atoms with van der Waals surface area (Å²) in [5.74, 6) is -4.58. The Kier molecular flexibility index (Phi) is 12.5. The van der Waals surface area contributed by atoms with Gasteiger partial charge in [-0.1, -0.05) is 0 Å². The Balaban J connectivity index is 1.27. The van der Waals surface area contributed by atoms with E-state index in [2.05, 4.69) is 0 Å². The molecule has 2 aromatic carbocycles. The number of ether oxygens (including phenoxy) is 7. The van der Waals surface area contributed by atoms with Gasteiger partial charge in [-0.25, -0.2) is 0 Å². The van der Waals surface area contributed by atoms with Gasteiger partial charge in [0.1, 0.15) is 83.5 Å². The van der Waals surface area contributed by atoms with Crippen molar-refractivity contribution in [3.05, 3.63) is 40.6 Å². The van der Waals surface area contributed by atoms with Crippen LogP contribution in [0.1, 0.15) is 13.8 Å². The second-order valence-corrected chi connectivity index (χ2v) is 13.7. The average molecular weight is 815 g/mol. The zero-order valence-electron chi connectivity index (χ0n) is 29.9. The van der Waals surface area contributed by atoms with E-state index >= 15 is 0 Å². The van der Waals surface area contributed by atoms with E-state index in [0.717, 1.165) is 31.2 Å². The summed E-state index contributed by atoms with van der Waals surface area (Å²) in [5.41, 5.74) is -1.52. The highest BCUT2D eigenvalue weighted by molar-refractivity contribution is 5.88. The smallest absolute Gasteiger partial charge is 0.303 e. The molecule has 1 aromatic heterocycles. The van der Waals surface area contributed by atoms with Gasteiger partial charge >= 0.3 is 5.97 Å². The molecule has 22 nitrogen and oxygen atoms in total. The lowest BCUT2D eigenvalue weighted by Crippen LogP contribution is -2.65. The number of carbonyl (C=O) groups excluding carboxylic acids is 1. The molecule has 0 radical (unpaired) electrons. The van der Waals surface area contributed by atoms with Gasteiger partial charge < -0.3 is 98.9 Å². The van der Waals surface area contributed by atoms with Crippen molar-refractivity contribution in [3.63, 3.8) is 0 Å². The highest BCUT2D eigenvalue weighted by Crippen LogP contribution is 2.40. The lowest BCUT2D eigenvalue weighted by molar-refractivity contribution is -0.361. The lowest BCUT2D eigenvalue weighted by Gasteiger charge is -2.47. The summed E-state index contributed by atoms with van der Waals surface area (Å²) < 4.78 is 45.3. The summed E-state index contributed by atoms with van der Waals surface area (Å²) in [5, 5.41) is 124. The Morgan fingerprint density at radius 1 is 0.719 bits per heavy atom. The van der Waals surface area contributed by atoms with Crippen LogP contribution in [-0.2, 0) is 33.2 Å². The van der Waals surface area contributed by atoms with Gasteiger partial charge in [0, 0.05) is 24.6 Å². The molecule has 12 N–H and O–H groups in total. The van der Waals surface area contributed by atoms with Crippen molar-refractivity contribution in [2.24, 2.45) is 0 Å². The van der Waals surface area contributed by atoms with Gasteiger partial charge in [-0.05, 0) is 25.1 Å². The molecule has 3 aliphatic rings. The first-order chi connectivity index (χ1) is 26.9. The van der Waals surface area contributed by atoms with Crippen LogP contribution in [-0.4, -0.2) is 173 Å². The molecule has 3 saturated heterocycles. The molecule has 0 amide bonds. The molecule has 22 heteroatoms. The number of aromatic hydroxyl groups is 4. The predicted octanol–water partition coefficient (Wildman–Crippen LogP) is -3.29. The van der Waals surface area contributed by atoms with Crippen molar-refractivity contribution in [2.45, 2.75) is 106 Å². The molecule has 0 saturated carbocycles. The second-order valence-electron chi connectivity index (χ2n) is 13.7. The molecule has 57 heavy (non-hydrogen) atoms. The predicted molar refractivity (Wildman–Crippen MR) is 182 cm³/mol. The molecular formula is C35H42O22. The summed E-state index contributed by atoms with van der Waals surface area (Å²) in [7, 11) is 0. The highest BCUT2D eigenvalue weighted by Gasteiger charge is 2.53. The molecule has 3 fully saturated rings. The van der Waals surface area contributed by atoms with Crippen LogP contribution in [0.15, 0.2) is 39.5 Å². The number of phenols is 4. The zero-order chi connectivity index (χ0) is 41.6. The van der Waals surface area contributed by atoms with Crippen molar-refractivity contribution in [1.82, 2.24) is 0 Å². The first-order valence-electron chi connectivity index (χ1n) is 17.4. The minimum absolute atomic E-state index is 0.0874. The van der Waals surface area contributed by atoms with E-state index in [0.29, 0.717) is 0 Å². The Bertz CT molecular complexity index is 1970. The van der Waals surface area contributed by atoms with E-state index in [1.54, 1.807) is 0 Å². The van der Waals surface area contributed by atoms with Crippen molar-refractivity contribution >= 4 is 16.9 Å². The molecule has 3 aromatic rings. The number of hydrogen-bond donors (Lipinski definition) is 12. The van der Waals surface area contributed by atoms with Gasteiger partial charge in [-0.3, -0.25) is 9.59 Å². The third-order valence-electron chi connectivity index (χ3n) is 9.68. The van der Waals surface area contributed by atoms with E-state index in [-0.39, 0.29) is 11.1 Å². The molecule has 0 bridgehead atoms. The van der Waals surface area contributed by atoms with E-state index < -0.39 is 157 Å². The largest absolute Gasteiger partial charge is 0.508 e. The fraction of sp³-hybridized carbons (Fsp3) is 0.543. The fourth-order valence-corrected chi connectivity index (χ4v) is 6.61. The van der Waals surface area contributed by atoms with Crippen LogP contribution in [0.4, 0.5) is 0 Å². The Morgan fingerprint density at radius 3 is 2.02 bits per heavy atom. The van der Waals surface area contributed by atoms with Crippen LogP contribution in [0.25, 0.3) is 22.3 Å². The minimum atomic E-state index is -2.08. The average Bonchev–Trinajstić information content (AvgIpc) is 3.15. The van der Waals surface area contributed by atoms with Gasteiger partial charge in [0.15, 0.2) is 35.9 Å². The van der Waals surface area contributed by atoms with Crippen LogP contribution in [0.2, 0.25) is 0 Å². The highest BCUT2D eigenvalue weighted by atomic mass is 16.8. The SMILES string of the molecule is CC(=O)O[C@H]1[C@H](OC[C@H]2O[C@@H](Oc3c(-c4ccc(O)c(O)c4)oc4cc(O)cc(O)c4c3=O)[C@H](O)[C@@H](O)[C@H]2O)O[C@@H](C)[C@H](O)[C@H]1O[C@@H]1O[C@H](CO)[C@@H](O)[C@H](O)[C@H]1O. The van der Waals surface area contributed by atoms with E-state index in [9.17, 15) is 70.9 Å². The number of benzene rings is 2. The van der Waals surface area contributed by atoms with Crippen molar-refractivity contribution < 1.29 is 104 Å². The van der Waals surface area contributed by atoms with Gasteiger partial charge in [0.05, 0.1) is 19.3 Å². The second kappa shape index (κ2) is 16.8. The summed E-state index contributed by atoms with van der Waals surface area (Å²) >= 11 is 0. The molecule has 3 aliphatic heterocycles. The fourth-order valence-electron chi connectivity index (χ4n) is 6.61. The third-order valence-corrected chi connectivity index (χ3v) is 9.68. The number of phenolic OH excluding ortho intramolecular Hbond substituents is 4. The van der Waals surface area contributed by atoms with E-state index in [1.165, 1.54) is 13.0 Å². The minimum Gasteiger partial charge on any atom is -0.508 e. The van der Waals surface area contributed by atoms with Gasteiger partial charge in [0.2, 0.25) is 17.5 Å². The lowest BCUT2D eigenvalue weighted by atomic mass is 9.97. The van der Waals surface area contributed by atoms with Crippen LogP contribution in [0.5, 0.6) is 28.7 Å². The maximum Gasteiger partial charge on any atom is 0.303 e. The number of fused-ring (bicyclic) bond motifs is 1. The Labute approximate surface area is 320 Å². The Morgan fingerprint density at radius 2 is 1.37 bits per heavy atom. The summed E-state index contributed by atoms with van der Waals surface area (Å²) in [6.45, 7) is 0.810. The monoisotopic (exact) mass is 814 g/mol. The van der Waals surface area contributed by atoms with Crippen LogP contribution in [0, 0.1) is 0 Å². The van der Waals surface area contributed by atoms with E-state index in [1.807, 2.05) is 0 Å². The number of hydrogen-bond acceptors (Lipinski definition) is 22. The summed E-state index contributed by atoms with van der Waals surface area (Å²) in [6.07, 6.45) is -26.2. The molecule has 0 aliphatic carbocycles. The molecule has 6 rings (SSSR count). The van der Waals surface area contributed by atoms with Crippen molar-refractivity contribution in [2.75, 3.05) is 13.2 Å². The van der Waals surface area contributed by atoms with Crippen molar-refractivity contribution in [3.8, 4) is 40.1 Å². The summed E-state index contributed by atoms with van der Waals surface area (Å²) in [6, 6.07) is 5.08. The molecule has 0 unspecified atom stereocenters. The topological polar surface area (TPSA) is 355 Å².